The van der Waals surface area contributed by atoms with E-state index in [-0.39, 0.29) is 5.92 Å². The Morgan fingerprint density at radius 2 is 2.36 bits per heavy atom. The third kappa shape index (κ3) is 0.911. The summed E-state index contributed by atoms with van der Waals surface area (Å²) in [6.45, 7) is 0. The van der Waals surface area contributed by atoms with Crippen molar-refractivity contribution >= 4 is 11.6 Å². The van der Waals surface area contributed by atoms with E-state index in [1.165, 1.54) is 5.56 Å². The molecule has 0 unspecified atom stereocenters. The number of benzene rings is 1. The van der Waals surface area contributed by atoms with Crippen molar-refractivity contribution in [1.29, 1.82) is 5.26 Å². The van der Waals surface area contributed by atoms with Crippen LogP contribution >= 0.6 is 11.6 Å². The number of nitriles is 1. The van der Waals surface area contributed by atoms with Crippen molar-refractivity contribution in [3.8, 4) is 6.07 Å². The zero-order valence-corrected chi connectivity index (χ0v) is 6.60. The minimum Gasteiger partial charge on any atom is -0.198 e. The number of nitrogens with zero attached hydrogens (tertiary/aromatic N) is 1. The van der Waals surface area contributed by atoms with Gasteiger partial charge in [-0.2, -0.15) is 5.26 Å². The van der Waals surface area contributed by atoms with Crippen LogP contribution in [0.5, 0.6) is 0 Å². The molecule has 2 heteroatoms. The molecule has 0 aliphatic heterocycles. The Kier molecular flexibility index (Phi) is 1.37. The Bertz CT molecular complexity index is 338. The highest BCUT2D eigenvalue weighted by molar-refractivity contribution is 6.30. The van der Waals surface area contributed by atoms with Gasteiger partial charge in [-0.1, -0.05) is 17.7 Å². The first-order valence-electron chi connectivity index (χ1n) is 3.49. The predicted octanol–water partition coefficient (Wildman–Crippen LogP) is 2.50. The average molecular weight is 164 g/mol. The third-order valence-corrected chi connectivity index (χ3v) is 2.30. The van der Waals surface area contributed by atoms with Gasteiger partial charge in [0.1, 0.15) is 0 Å². The third-order valence-electron chi connectivity index (χ3n) is 2.06. The minimum absolute atomic E-state index is 0.0868. The van der Waals surface area contributed by atoms with Gasteiger partial charge in [0.2, 0.25) is 0 Å². The average Bonchev–Trinajstić information content (AvgIpc) is 1.97. The highest BCUT2D eigenvalue weighted by Gasteiger charge is 2.25. The van der Waals surface area contributed by atoms with E-state index in [2.05, 4.69) is 6.07 Å². The van der Waals surface area contributed by atoms with Crippen LogP contribution in [0.1, 0.15) is 17.0 Å². The molecule has 0 saturated heterocycles. The summed E-state index contributed by atoms with van der Waals surface area (Å²) in [6, 6.07) is 7.97. The molecule has 0 radical (unpaired) electrons. The van der Waals surface area contributed by atoms with E-state index >= 15 is 0 Å². The molecule has 0 heterocycles. The molecule has 2 rings (SSSR count). The van der Waals surface area contributed by atoms with Gasteiger partial charge in [-0.25, -0.2) is 0 Å². The highest BCUT2D eigenvalue weighted by atomic mass is 35.5. The summed E-state index contributed by atoms with van der Waals surface area (Å²) >= 11 is 5.76. The predicted molar refractivity (Wildman–Crippen MR) is 43.5 cm³/mol. The molecule has 1 aromatic carbocycles. The monoisotopic (exact) mass is 163 g/mol. The molecule has 0 N–H and O–H groups in total. The summed E-state index contributed by atoms with van der Waals surface area (Å²) in [4.78, 5) is 0. The molecule has 0 fully saturated rings. The van der Waals surface area contributed by atoms with Crippen LogP contribution in [0.15, 0.2) is 18.2 Å². The van der Waals surface area contributed by atoms with Crippen molar-refractivity contribution in [2.75, 3.05) is 0 Å². The molecule has 54 valence electrons. The first kappa shape index (κ1) is 6.69. The summed E-state index contributed by atoms with van der Waals surface area (Å²) in [5.74, 6) is 0.0868. The number of hydrogen-bond donors (Lipinski definition) is 0. The zero-order valence-electron chi connectivity index (χ0n) is 5.84. The van der Waals surface area contributed by atoms with Crippen LogP contribution in [0.2, 0.25) is 5.02 Å². The van der Waals surface area contributed by atoms with E-state index in [4.69, 9.17) is 16.9 Å². The Morgan fingerprint density at radius 3 is 3.09 bits per heavy atom. The Balaban J connectivity index is 2.47. The second kappa shape index (κ2) is 2.25. The van der Waals surface area contributed by atoms with Gasteiger partial charge in [0.25, 0.3) is 0 Å². The van der Waals surface area contributed by atoms with Gasteiger partial charge < -0.3 is 0 Å². The van der Waals surface area contributed by atoms with Gasteiger partial charge in [0.15, 0.2) is 0 Å². The topological polar surface area (TPSA) is 23.8 Å². The van der Waals surface area contributed by atoms with Gasteiger partial charge in [-0.05, 0) is 29.7 Å². The lowest BCUT2D eigenvalue weighted by molar-refractivity contribution is 0.745. The molecule has 1 atom stereocenters. The van der Waals surface area contributed by atoms with Crippen LogP contribution in [-0.2, 0) is 6.42 Å². The molecule has 1 nitrogen and oxygen atoms in total. The smallest absolute Gasteiger partial charge is 0.0756 e. The van der Waals surface area contributed by atoms with E-state index in [1.54, 1.807) is 0 Å². The molecule has 1 aliphatic rings. The maximum Gasteiger partial charge on any atom is 0.0756 e. The molecule has 0 amide bonds. The Labute approximate surface area is 70.2 Å². The molecule has 0 spiro atoms. The number of halogens is 1. The second-order valence-corrected chi connectivity index (χ2v) is 3.17. The normalized spacial score (nSPS) is 19.8. The maximum atomic E-state index is 8.63. The molecular weight excluding hydrogens is 158 g/mol. The zero-order chi connectivity index (χ0) is 7.84. The van der Waals surface area contributed by atoms with Crippen LogP contribution in [-0.4, -0.2) is 0 Å². The summed E-state index contributed by atoms with van der Waals surface area (Å²) < 4.78 is 0. The molecule has 11 heavy (non-hydrogen) atoms. The standard InChI is InChI=1S/C9H6ClN/c10-8-2-1-6-3-7(5-11)9(6)4-8/h1-2,4,7H,3H2/t7-/m0/s1. The molecule has 0 saturated carbocycles. The van der Waals surface area contributed by atoms with Crippen molar-refractivity contribution < 1.29 is 0 Å². The molecule has 1 aromatic rings. The maximum absolute atomic E-state index is 8.63. The highest BCUT2D eigenvalue weighted by Crippen LogP contribution is 2.35. The van der Waals surface area contributed by atoms with Gasteiger partial charge in [-0.15, -0.1) is 0 Å². The summed E-state index contributed by atoms with van der Waals surface area (Å²) in [5, 5.41) is 9.36. The fraction of sp³-hybridized carbons (Fsp3) is 0.222. The first-order chi connectivity index (χ1) is 5.31. The van der Waals surface area contributed by atoms with Crippen LogP contribution in [0.3, 0.4) is 0 Å². The van der Waals surface area contributed by atoms with Gasteiger partial charge in [0.05, 0.1) is 12.0 Å². The fourth-order valence-electron chi connectivity index (χ4n) is 1.39. The van der Waals surface area contributed by atoms with Crippen LogP contribution in [0.25, 0.3) is 0 Å². The Hall–Kier alpha value is -1.00. The van der Waals surface area contributed by atoms with Crippen molar-refractivity contribution in [2.24, 2.45) is 0 Å². The second-order valence-electron chi connectivity index (χ2n) is 2.73. The fourth-order valence-corrected chi connectivity index (χ4v) is 1.57. The Morgan fingerprint density at radius 1 is 1.55 bits per heavy atom. The first-order valence-corrected chi connectivity index (χ1v) is 3.87. The van der Waals surface area contributed by atoms with E-state index in [9.17, 15) is 0 Å². The number of hydrogen-bond acceptors (Lipinski definition) is 1. The molecule has 0 bridgehead atoms. The SMILES string of the molecule is N#C[C@@H]1Cc2ccc(Cl)cc21. The lowest BCUT2D eigenvalue weighted by Crippen LogP contribution is -2.14. The number of fused-ring (bicyclic) bond motifs is 1. The van der Waals surface area contributed by atoms with Gasteiger partial charge >= 0.3 is 0 Å². The molecule has 1 aliphatic carbocycles. The van der Waals surface area contributed by atoms with E-state index < -0.39 is 0 Å². The van der Waals surface area contributed by atoms with Gasteiger partial charge in [-0.3, -0.25) is 0 Å². The molecule has 0 aromatic heterocycles. The largest absolute Gasteiger partial charge is 0.198 e. The minimum atomic E-state index is 0.0868. The summed E-state index contributed by atoms with van der Waals surface area (Å²) in [7, 11) is 0. The van der Waals surface area contributed by atoms with E-state index in [0.29, 0.717) is 0 Å². The van der Waals surface area contributed by atoms with Crippen molar-refractivity contribution in [2.45, 2.75) is 12.3 Å². The molecular formula is C9H6ClN. The van der Waals surface area contributed by atoms with Crippen LogP contribution < -0.4 is 0 Å². The number of rotatable bonds is 0. The summed E-state index contributed by atoms with van der Waals surface area (Å²) in [5.41, 5.74) is 2.38. The quantitative estimate of drug-likeness (QED) is 0.577. The van der Waals surface area contributed by atoms with Crippen LogP contribution in [0.4, 0.5) is 0 Å². The van der Waals surface area contributed by atoms with Crippen molar-refractivity contribution in [3.05, 3.63) is 34.3 Å². The lowest BCUT2D eigenvalue weighted by atomic mass is 9.79. The van der Waals surface area contributed by atoms with Crippen molar-refractivity contribution in [3.63, 3.8) is 0 Å². The van der Waals surface area contributed by atoms with Crippen LogP contribution in [0, 0.1) is 11.3 Å². The van der Waals surface area contributed by atoms with Gasteiger partial charge in [0, 0.05) is 5.02 Å². The summed E-state index contributed by atoms with van der Waals surface area (Å²) in [6.07, 6.45) is 0.892. The van der Waals surface area contributed by atoms with E-state index in [1.807, 2.05) is 18.2 Å². The van der Waals surface area contributed by atoms with Crippen molar-refractivity contribution in [1.82, 2.24) is 0 Å². The lowest BCUT2D eigenvalue weighted by Gasteiger charge is -2.24. The van der Waals surface area contributed by atoms with E-state index in [0.717, 1.165) is 17.0 Å².